The fraction of sp³-hybridized carbons (Fsp3) is 0.308. The van der Waals surface area contributed by atoms with E-state index in [1.165, 1.54) is 10.6 Å². The molecule has 0 aliphatic carbocycles. The SMILES string of the molecule is CCc1nc(CC(N)c2ccccc2)cs1. The molecular formula is C13H16N2S. The van der Waals surface area contributed by atoms with Gasteiger partial charge in [0.2, 0.25) is 0 Å². The summed E-state index contributed by atoms with van der Waals surface area (Å²) in [6.45, 7) is 2.12. The molecule has 1 aromatic heterocycles. The van der Waals surface area contributed by atoms with Crippen LogP contribution in [0.5, 0.6) is 0 Å². The van der Waals surface area contributed by atoms with E-state index < -0.39 is 0 Å². The van der Waals surface area contributed by atoms with Gasteiger partial charge < -0.3 is 5.73 Å². The van der Waals surface area contributed by atoms with Crippen LogP contribution in [0.3, 0.4) is 0 Å². The number of benzene rings is 1. The molecule has 1 unspecified atom stereocenters. The third kappa shape index (κ3) is 2.68. The number of aromatic nitrogens is 1. The van der Waals surface area contributed by atoms with Gasteiger partial charge in [0.05, 0.1) is 10.7 Å². The molecule has 1 heterocycles. The van der Waals surface area contributed by atoms with Crippen LogP contribution in [0.1, 0.15) is 29.2 Å². The number of nitrogens with zero attached hydrogens (tertiary/aromatic N) is 1. The molecule has 16 heavy (non-hydrogen) atoms. The van der Waals surface area contributed by atoms with Gasteiger partial charge in [0, 0.05) is 17.8 Å². The van der Waals surface area contributed by atoms with Gasteiger partial charge in [-0.25, -0.2) is 4.98 Å². The van der Waals surface area contributed by atoms with Gasteiger partial charge in [-0.15, -0.1) is 11.3 Å². The van der Waals surface area contributed by atoms with E-state index in [2.05, 4.69) is 29.4 Å². The lowest BCUT2D eigenvalue weighted by molar-refractivity contribution is 0.708. The molecule has 2 aromatic rings. The van der Waals surface area contributed by atoms with Crippen LogP contribution in [0.4, 0.5) is 0 Å². The van der Waals surface area contributed by atoms with Crippen molar-refractivity contribution in [3.05, 3.63) is 52.0 Å². The van der Waals surface area contributed by atoms with Crippen molar-refractivity contribution < 1.29 is 0 Å². The first-order valence-corrected chi connectivity index (χ1v) is 6.41. The first-order valence-electron chi connectivity index (χ1n) is 5.53. The van der Waals surface area contributed by atoms with Crippen molar-refractivity contribution >= 4 is 11.3 Å². The molecule has 1 atom stereocenters. The normalized spacial score (nSPS) is 12.6. The molecule has 2 N–H and O–H groups in total. The first kappa shape index (κ1) is 11.3. The average molecular weight is 232 g/mol. The average Bonchev–Trinajstić information content (AvgIpc) is 2.78. The molecule has 2 nitrogen and oxygen atoms in total. The largest absolute Gasteiger partial charge is 0.324 e. The zero-order chi connectivity index (χ0) is 11.4. The molecule has 0 radical (unpaired) electrons. The Morgan fingerprint density at radius 3 is 2.69 bits per heavy atom. The molecule has 0 aliphatic rings. The van der Waals surface area contributed by atoms with Crippen LogP contribution in [0.25, 0.3) is 0 Å². The molecule has 3 heteroatoms. The Hall–Kier alpha value is -1.19. The Kier molecular flexibility index (Phi) is 3.70. The predicted molar refractivity (Wildman–Crippen MR) is 68.6 cm³/mol. The molecule has 0 amide bonds. The number of hydrogen-bond acceptors (Lipinski definition) is 3. The Balaban J connectivity index is 2.05. The molecule has 0 saturated carbocycles. The first-order chi connectivity index (χ1) is 7.79. The van der Waals surface area contributed by atoms with E-state index in [4.69, 9.17) is 5.73 Å². The Labute approximate surface area is 100 Å². The molecule has 0 spiro atoms. The van der Waals surface area contributed by atoms with Crippen molar-refractivity contribution in [3.63, 3.8) is 0 Å². The van der Waals surface area contributed by atoms with Gasteiger partial charge in [0.15, 0.2) is 0 Å². The summed E-state index contributed by atoms with van der Waals surface area (Å²) in [6.07, 6.45) is 1.83. The fourth-order valence-electron chi connectivity index (χ4n) is 1.65. The van der Waals surface area contributed by atoms with E-state index >= 15 is 0 Å². The highest BCUT2D eigenvalue weighted by Crippen LogP contribution is 2.17. The lowest BCUT2D eigenvalue weighted by atomic mass is 10.0. The molecule has 0 fully saturated rings. The summed E-state index contributed by atoms with van der Waals surface area (Å²) in [5.41, 5.74) is 8.43. The maximum Gasteiger partial charge on any atom is 0.0925 e. The maximum atomic E-state index is 6.14. The van der Waals surface area contributed by atoms with Crippen molar-refractivity contribution in [3.8, 4) is 0 Å². The van der Waals surface area contributed by atoms with Crippen LogP contribution in [0.2, 0.25) is 0 Å². The van der Waals surface area contributed by atoms with Crippen LogP contribution in [-0.4, -0.2) is 4.98 Å². The highest BCUT2D eigenvalue weighted by molar-refractivity contribution is 7.09. The zero-order valence-electron chi connectivity index (χ0n) is 9.39. The molecule has 1 aromatic carbocycles. The van der Waals surface area contributed by atoms with Gasteiger partial charge in [0.25, 0.3) is 0 Å². The van der Waals surface area contributed by atoms with Crippen molar-refractivity contribution in [1.29, 1.82) is 0 Å². The standard InChI is InChI=1S/C13H16N2S/c1-2-13-15-11(9-16-13)8-12(14)10-6-4-3-5-7-10/h3-7,9,12H,2,8,14H2,1H3. The second-order valence-electron chi connectivity index (χ2n) is 3.81. The van der Waals surface area contributed by atoms with E-state index in [1.807, 2.05) is 18.2 Å². The summed E-state index contributed by atoms with van der Waals surface area (Å²) in [5.74, 6) is 0. The number of thiazole rings is 1. The minimum absolute atomic E-state index is 0.0491. The lowest BCUT2D eigenvalue weighted by Gasteiger charge is -2.09. The quantitative estimate of drug-likeness (QED) is 0.880. The van der Waals surface area contributed by atoms with Gasteiger partial charge in [0.1, 0.15) is 0 Å². The van der Waals surface area contributed by atoms with Crippen molar-refractivity contribution in [1.82, 2.24) is 4.98 Å². The summed E-state index contributed by atoms with van der Waals surface area (Å²) in [4.78, 5) is 4.53. The highest BCUT2D eigenvalue weighted by atomic mass is 32.1. The summed E-state index contributed by atoms with van der Waals surface area (Å²) >= 11 is 1.72. The third-order valence-corrected chi connectivity index (χ3v) is 3.60. The van der Waals surface area contributed by atoms with Crippen LogP contribution in [0.15, 0.2) is 35.7 Å². The zero-order valence-corrected chi connectivity index (χ0v) is 10.2. The van der Waals surface area contributed by atoms with Crippen molar-refractivity contribution in [2.45, 2.75) is 25.8 Å². The molecule has 2 rings (SSSR count). The van der Waals surface area contributed by atoms with Crippen LogP contribution >= 0.6 is 11.3 Å². The summed E-state index contributed by atoms with van der Waals surface area (Å²) in [6, 6.07) is 10.2. The third-order valence-electron chi connectivity index (χ3n) is 2.56. The van der Waals surface area contributed by atoms with Gasteiger partial charge in [-0.05, 0) is 12.0 Å². The van der Waals surface area contributed by atoms with Crippen LogP contribution in [0, 0.1) is 0 Å². The van der Waals surface area contributed by atoms with E-state index in [9.17, 15) is 0 Å². The highest BCUT2D eigenvalue weighted by Gasteiger charge is 2.08. The number of aryl methyl sites for hydroxylation is 1. The minimum Gasteiger partial charge on any atom is -0.324 e. The monoisotopic (exact) mass is 232 g/mol. The Morgan fingerprint density at radius 2 is 2.06 bits per heavy atom. The maximum absolute atomic E-state index is 6.14. The van der Waals surface area contributed by atoms with Gasteiger partial charge >= 0.3 is 0 Å². The van der Waals surface area contributed by atoms with E-state index in [0.717, 1.165) is 18.5 Å². The van der Waals surface area contributed by atoms with Gasteiger partial charge in [-0.1, -0.05) is 37.3 Å². The Morgan fingerprint density at radius 1 is 1.31 bits per heavy atom. The molecule has 0 aliphatic heterocycles. The topological polar surface area (TPSA) is 38.9 Å². The number of rotatable bonds is 4. The summed E-state index contributed by atoms with van der Waals surface area (Å²) in [5, 5.41) is 3.30. The molecule has 84 valence electrons. The smallest absolute Gasteiger partial charge is 0.0925 e. The van der Waals surface area contributed by atoms with Crippen LogP contribution < -0.4 is 5.73 Å². The minimum atomic E-state index is 0.0491. The number of hydrogen-bond donors (Lipinski definition) is 1. The lowest BCUT2D eigenvalue weighted by Crippen LogP contribution is -2.13. The van der Waals surface area contributed by atoms with Gasteiger partial charge in [-0.2, -0.15) is 0 Å². The van der Waals surface area contributed by atoms with E-state index in [-0.39, 0.29) is 6.04 Å². The fourth-order valence-corrected chi connectivity index (χ4v) is 2.41. The number of nitrogens with two attached hydrogens (primary N) is 1. The van der Waals surface area contributed by atoms with E-state index in [1.54, 1.807) is 11.3 Å². The second kappa shape index (κ2) is 5.23. The summed E-state index contributed by atoms with van der Waals surface area (Å²) < 4.78 is 0. The Bertz CT molecular complexity index is 436. The van der Waals surface area contributed by atoms with Crippen LogP contribution in [-0.2, 0) is 12.8 Å². The molecule has 0 bridgehead atoms. The second-order valence-corrected chi connectivity index (χ2v) is 4.75. The van der Waals surface area contributed by atoms with E-state index in [0.29, 0.717) is 0 Å². The summed E-state index contributed by atoms with van der Waals surface area (Å²) in [7, 11) is 0. The van der Waals surface area contributed by atoms with Crippen molar-refractivity contribution in [2.24, 2.45) is 5.73 Å². The molecular weight excluding hydrogens is 216 g/mol. The van der Waals surface area contributed by atoms with Gasteiger partial charge in [-0.3, -0.25) is 0 Å². The molecule has 0 saturated heterocycles. The van der Waals surface area contributed by atoms with Crippen molar-refractivity contribution in [2.75, 3.05) is 0 Å². The predicted octanol–water partition coefficient (Wildman–Crippen LogP) is 2.95.